The normalized spacial score (nSPS) is 13.3. The molecule has 1 aromatic carbocycles. The predicted octanol–water partition coefficient (Wildman–Crippen LogP) is 2.87. The molecule has 21 heavy (non-hydrogen) atoms. The average molecular weight is 311 g/mol. The van der Waals surface area contributed by atoms with Crippen molar-refractivity contribution in [2.24, 2.45) is 0 Å². The third kappa shape index (κ3) is 3.84. The Labute approximate surface area is 128 Å². The van der Waals surface area contributed by atoms with E-state index in [-0.39, 0.29) is 5.91 Å². The number of carbonyl (C=O) groups excluding carboxylic acids is 1. The number of aryl methyl sites for hydroxylation is 2. The Kier molecular flexibility index (Phi) is 5.56. The van der Waals surface area contributed by atoms with Crippen LogP contribution in [0.1, 0.15) is 38.8 Å². The van der Waals surface area contributed by atoms with Gasteiger partial charge in [0.15, 0.2) is 9.84 Å². The number of nitrogens with zero attached hydrogens (tertiary/aromatic N) is 1. The second-order valence-electron chi connectivity index (χ2n) is 5.71. The van der Waals surface area contributed by atoms with Crippen LogP contribution in [0.15, 0.2) is 18.2 Å². The highest BCUT2D eigenvalue weighted by Crippen LogP contribution is 2.21. The van der Waals surface area contributed by atoms with Gasteiger partial charge in [-0.05, 0) is 64.8 Å². The van der Waals surface area contributed by atoms with E-state index in [0.717, 1.165) is 16.8 Å². The van der Waals surface area contributed by atoms with Crippen molar-refractivity contribution < 1.29 is 13.2 Å². The molecule has 118 valence electrons. The Morgan fingerprint density at radius 2 is 1.57 bits per heavy atom. The molecule has 0 aliphatic heterocycles. The van der Waals surface area contributed by atoms with Gasteiger partial charge in [0.25, 0.3) is 0 Å². The van der Waals surface area contributed by atoms with Gasteiger partial charge in [0, 0.05) is 12.2 Å². The van der Waals surface area contributed by atoms with E-state index >= 15 is 0 Å². The molecule has 0 aromatic heterocycles. The molecule has 0 heterocycles. The van der Waals surface area contributed by atoms with Crippen LogP contribution in [-0.2, 0) is 14.6 Å². The summed E-state index contributed by atoms with van der Waals surface area (Å²) in [5, 5.41) is -1.59. The van der Waals surface area contributed by atoms with Crippen LogP contribution in [0.25, 0.3) is 0 Å². The highest BCUT2D eigenvalue weighted by atomic mass is 32.2. The van der Waals surface area contributed by atoms with Gasteiger partial charge < -0.3 is 4.90 Å². The van der Waals surface area contributed by atoms with Crippen LogP contribution in [0.4, 0.5) is 5.69 Å². The summed E-state index contributed by atoms with van der Waals surface area (Å²) in [5.41, 5.74) is 2.86. The van der Waals surface area contributed by atoms with Gasteiger partial charge in [0.1, 0.15) is 5.25 Å². The zero-order chi connectivity index (χ0) is 16.4. The fourth-order valence-corrected chi connectivity index (χ4v) is 3.57. The Hall–Kier alpha value is -1.36. The standard InChI is InChI=1S/C16H25NO3S/c1-7-17(15-9-12(4)8-13(5)10-15)16(18)14(6)21(19,20)11(2)3/h8-11,14H,7H2,1-6H3/t14-/m0/s1. The van der Waals surface area contributed by atoms with Crippen LogP contribution in [0.2, 0.25) is 0 Å². The molecule has 1 atom stereocenters. The molecule has 0 unspecified atom stereocenters. The third-order valence-electron chi connectivity index (χ3n) is 3.60. The van der Waals surface area contributed by atoms with Gasteiger partial charge in [-0.3, -0.25) is 4.79 Å². The minimum absolute atomic E-state index is 0.365. The number of anilines is 1. The summed E-state index contributed by atoms with van der Waals surface area (Å²) in [6, 6.07) is 5.84. The van der Waals surface area contributed by atoms with Crippen LogP contribution in [0.5, 0.6) is 0 Å². The molecule has 0 saturated heterocycles. The van der Waals surface area contributed by atoms with Gasteiger partial charge in [-0.2, -0.15) is 0 Å². The minimum Gasteiger partial charge on any atom is -0.312 e. The Balaban J connectivity index is 3.18. The maximum absolute atomic E-state index is 12.6. The van der Waals surface area contributed by atoms with Crippen LogP contribution in [0, 0.1) is 13.8 Å². The summed E-state index contributed by atoms with van der Waals surface area (Å²) < 4.78 is 24.4. The molecule has 0 N–H and O–H groups in total. The lowest BCUT2D eigenvalue weighted by Gasteiger charge is -2.26. The van der Waals surface area contributed by atoms with Gasteiger partial charge in [0.2, 0.25) is 5.91 Å². The second kappa shape index (κ2) is 6.60. The molecule has 0 saturated carbocycles. The zero-order valence-electron chi connectivity index (χ0n) is 13.7. The highest BCUT2D eigenvalue weighted by molar-refractivity contribution is 7.93. The molecule has 1 aromatic rings. The topological polar surface area (TPSA) is 54.5 Å². The summed E-state index contributed by atoms with van der Waals surface area (Å²) in [4.78, 5) is 14.1. The maximum atomic E-state index is 12.6. The fourth-order valence-electron chi connectivity index (χ4n) is 2.34. The van der Waals surface area contributed by atoms with E-state index in [2.05, 4.69) is 0 Å². The number of carbonyl (C=O) groups is 1. The number of sulfone groups is 1. The molecular formula is C16H25NO3S. The van der Waals surface area contributed by atoms with Gasteiger partial charge in [-0.1, -0.05) is 6.07 Å². The van der Waals surface area contributed by atoms with Crippen LogP contribution < -0.4 is 4.90 Å². The lowest BCUT2D eigenvalue weighted by atomic mass is 10.1. The van der Waals surface area contributed by atoms with Gasteiger partial charge >= 0.3 is 0 Å². The summed E-state index contributed by atoms with van der Waals surface area (Å²) in [5.74, 6) is -0.365. The first-order valence-corrected chi connectivity index (χ1v) is 8.84. The van der Waals surface area contributed by atoms with Crippen molar-refractivity contribution in [3.8, 4) is 0 Å². The van der Waals surface area contributed by atoms with Crippen LogP contribution in [0.3, 0.4) is 0 Å². The van der Waals surface area contributed by atoms with Gasteiger partial charge in [-0.15, -0.1) is 0 Å². The van der Waals surface area contributed by atoms with E-state index in [1.54, 1.807) is 18.7 Å². The van der Waals surface area contributed by atoms with E-state index < -0.39 is 20.3 Å². The van der Waals surface area contributed by atoms with Crippen LogP contribution in [-0.4, -0.2) is 31.4 Å². The van der Waals surface area contributed by atoms with E-state index in [0.29, 0.717) is 6.54 Å². The molecule has 0 spiro atoms. The van der Waals surface area contributed by atoms with E-state index in [4.69, 9.17) is 0 Å². The highest BCUT2D eigenvalue weighted by Gasteiger charge is 2.33. The molecule has 0 aliphatic rings. The fraction of sp³-hybridized carbons (Fsp3) is 0.562. The molecule has 0 bridgehead atoms. The monoisotopic (exact) mass is 311 g/mol. The molecule has 0 aliphatic carbocycles. The lowest BCUT2D eigenvalue weighted by molar-refractivity contribution is -0.117. The van der Waals surface area contributed by atoms with Crippen molar-refractivity contribution in [3.63, 3.8) is 0 Å². The summed E-state index contributed by atoms with van der Waals surface area (Å²) in [6.07, 6.45) is 0. The first-order chi connectivity index (χ1) is 9.61. The molecule has 0 fully saturated rings. The van der Waals surface area contributed by atoms with Crippen molar-refractivity contribution in [3.05, 3.63) is 29.3 Å². The van der Waals surface area contributed by atoms with Crippen LogP contribution >= 0.6 is 0 Å². The van der Waals surface area contributed by atoms with Crippen molar-refractivity contribution in [1.82, 2.24) is 0 Å². The summed E-state index contributed by atoms with van der Waals surface area (Å²) >= 11 is 0. The number of hydrogen-bond donors (Lipinski definition) is 0. The van der Waals surface area contributed by atoms with E-state index in [1.807, 2.05) is 39.0 Å². The maximum Gasteiger partial charge on any atom is 0.245 e. The number of hydrogen-bond acceptors (Lipinski definition) is 3. The number of benzene rings is 1. The largest absolute Gasteiger partial charge is 0.312 e. The molecule has 0 radical (unpaired) electrons. The molecular weight excluding hydrogens is 286 g/mol. The van der Waals surface area contributed by atoms with Gasteiger partial charge in [0.05, 0.1) is 5.25 Å². The summed E-state index contributed by atoms with van der Waals surface area (Å²) in [7, 11) is -3.45. The van der Waals surface area contributed by atoms with Crippen molar-refractivity contribution in [1.29, 1.82) is 0 Å². The summed E-state index contributed by atoms with van der Waals surface area (Å²) in [6.45, 7) is 10.9. The third-order valence-corrected chi connectivity index (χ3v) is 6.10. The molecule has 1 amide bonds. The number of rotatable bonds is 5. The smallest absolute Gasteiger partial charge is 0.245 e. The zero-order valence-corrected chi connectivity index (χ0v) is 14.5. The predicted molar refractivity (Wildman–Crippen MR) is 87.5 cm³/mol. The van der Waals surface area contributed by atoms with Gasteiger partial charge in [-0.25, -0.2) is 8.42 Å². The quantitative estimate of drug-likeness (QED) is 0.840. The van der Waals surface area contributed by atoms with Crippen molar-refractivity contribution >= 4 is 21.4 Å². The van der Waals surface area contributed by atoms with E-state index in [1.165, 1.54) is 6.92 Å². The first kappa shape index (κ1) is 17.7. The second-order valence-corrected chi connectivity index (χ2v) is 8.54. The Morgan fingerprint density at radius 3 is 1.95 bits per heavy atom. The van der Waals surface area contributed by atoms with Crippen molar-refractivity contribution in [2.75, 3.05) is 11.4 Å². The van der Waals surface area contributed by atoms with Crippen molar-refractivity contribution in [2.45, 2.75) is 52.0 Å². The number of amides is 1. The first-order valence-electron chi connectivity index (χ1n) is 7.23. The minimum atomic E-state index is -3.45. The van der Waals surface area contributed by atoms with E-state index in [9.17, 15) is 13.2 Å². The molecule has 4 nitrogen and oxygen atoms in total. The lowest BCUT2D eigenvalue weighted by Crippen LogP contribution is -2.43. The SMILES string of the molecule is CCN(C(=O)[C@H](C)S(=O)(=O)C(C)C)c1cc(C)cc(C)c1. The molecule has 5 heteroatoms. The average Bonchev–Trinajstić information content (AvgIpc) is 2.37. The molecule has 1 rings (SSSR count). The Morgan fingerprint density at radius 1 is 1.10 bits per heavy atom. The Bertz CT molecular complexity index is 600.